The Morgan fingerprint density at radius 1 is 0.952 bits per heavy atom. The van der Waals surface area contributed by atoms with Crippen molar-refractivity contribution >= 4 is 58.2 Å². The van der Waals surface area contributed by atoms with E-state index in [9.17, 15) is 29.1 Å². The number of aliphatic imine (C=N–C) groups is 1. The molecule has 16 heteroatoms. The number of rotatable bonds is 18. The van der Waals surface area contributed by atoms with Gasteiger partial charge in [-0.05, 0) is 42.9 Å². The van der Waals surface area contributed by atoms with Crippen LogP contribution in [0.1, 0.15) is 31.2 Å². The molecule has 4 amide bonds. The monoisotopic (exact) mass is 605 g/mol. The Hall–Kier alpha value is -4.31. The molecule has 0 bridgehead atoms. The van der Waals surface area contributed by atoms with Crippen molar-refractivity contribution in [3.8, 4) is 0 Å². The number of aliphatic carboxylic acids is 1. The molecule has 0 aliphatic carbocycles. The van der Waals surface area contributed by atoms with Gasteiger partial charge in [-0.3, -0.25) is 24.2 Å². The number of primary amides is 1. The number of carboxylic acids is 1. The number of carbonyl (C=O) groups is 5. The van der Waals surface area contributed by atoms with Crippen LogP contribution in [0.25, 0.3) is 10.9 Å². The Bertz CT molecular complexity index is 1280. The number of carbonyl (C=O) groups excluding carboxylic acids is 4. The van der Waals surface area contributed by atoms with Crippen molar-refractivity contribution < 1.29 is 29.1 Å². The molecule has 230 valence electrons. The lowest BCUT2D eigenvalue weighted by molar-refractivity contribution is -0.142. The molecule has 0 aliphatic heterocycles. The van der Waals surface area contributed by atoms with Crippen molar-refractivity contribution in [2.24, 2.45) is 27.9 Å². The molecule has 2 rings (SSSR count). The van der Waals surface area contributed by atoms with Crippen LogP contribution in [-0.4, -0.2) is 88.4 Å². The van der Waals surface area contributed by atoms with E-state index in [1.54, 1.807) is 6.20 Å². The van der Waals surface area contributed by atoms with E-state index in [4.69, 9.17) is 22.9 Å². The summed E-state index contributed by atoms with van der Waals surface area (Å²) in [7, 11) is 0. The van der Waals surface area contributed by atoms with Crippen molar-refractivity contribution in [2.45, 2.75) is 56.3 Å². The van der Waals surface area contributed by atoms with Crippen LogP contribution in [0.15, 0.2) is 35.5 Å². The van der Waals surface area contributed by atoms with Crippen LogP contribution in [0.2, 0.25) is 0 Å². The van der Waals surface area contributed by atoms with Gasteiger partial charge in [0.1, 0.15) is 18.1 Å². The van der Waals surface area contributed by atoms with Gasteiger partial charge in [0.05, 0.1) is 12.5 Å². The first-order valence-electron chi connectivity index (χ1n) is 13.2. The van der Waals surface area contributed by atoms with Gasteiger partial charge >= 0.3 is 5.97 Å². The first-order valence-corrected chi connectivity index (χ1v) is 14.6. The number of hydrogen-bond acceptors (Lipinski definition) is 8. The lowest BCUT2D eigenvalue weighted by Gasteiger charge is -2.25. The first kappa shape index (κ1) is 33.9. The first-order chi connectivity index (χ1) is 19.9. The predicted octanol–water partition coefficient (Wildman–Crippen LogP) is -1.74. The molecule has 0 radical (unpaired) electrons. The molecule has 4 unspecified atom stereocenters. The molecule has 1 aromatic heterocycles. The minimum absolute atomic E-state index is 0.0122. The molecule has 0 aliphatic rings. The summed E-state index contributed by atoms with van der Waals surface area (Å²) in [6.07, 6.45) is 3.52. The third-order valence-corrected chi connectivity index (χ3v) is 6.94. The summed E-state index contributed by atoms with van der Waals surface area (Å²) >= 11 is 1.49. The molecule has 0 spiro atoms. The molecule has 15 nitrogen and oxygen atoms in total. The molecule has 4 atom stereocenters. The standard InChI is InChI=1S/C26H39N9O6S/c1-42-10-8-16(27)22(37)34-19(12-21(28)36)24(39)33-18(7-4-9-31-26(29)30)23(38)35-20(25(40)41)11-14-13-32-17-6-3-2-5-15(14)17/h2-3,5-6,13,16,18-20,32H,4,7-12,27H2,1H3,(H2,28,36)(H,33,39)(H,34,37)(H,35,38)(H,40,41)(H4,29,30,31). The van der Waals surface area contributed by atoms with Crippen LogP contribution in [0.4, 0.5) is 0 Å². The lowest BCUT2D eigenvalue weighted by Crippen LogP contribution is -2.58. The Morgan fingerprint density at radius 3 is 2.24 bits per heavy atom. The molecule has 42 heavy (non-hydrogen) atoms. The number of H-pyrrole nitrogens is 1. The fourth-order valence-electron chi connectivity index (χ4n) is 4.10. The maximum Gasteiger partial charge on any atom is 0.326 e. The number of nitrogens with zero attached hydrogens (tertiary/aromatic N) is 1. The number of guanidine groups is 1. The normalized spacial score (nSPS) is 13.8. The molecule has 0 fully saturated rings. The number of para-hydroxylation sites is 1. The van der Waals surface area contributed by atoms with Crippen LogP contribution < -0.4 is 38.9 Å². The Morgan fingerprint density at radius 2 is 1.60 bits per heavy atom. The number of nitrogens with one attached hydrogen (secondary N) is 4. The second-order valence-corrected chi connectivity index (χ2v) is 10.6. The van der Waals surface area contributed by atoms with E-state index in [1.807, 2.05) is 30.5 Å². The van der Waals surface area contributed by atoms with Crippen LogP contribution in [0, 0.1) is 0 Å². The number of carboxylic acid groups (broad SMARTS) is 1. The number of aromatic nitrogens is 1. The average Bonchev–Trinajstić information content (AvgIpc) is 3.34. The van der Waals surface area contributed by atoms with Crippen LogP contribution >= 0.6 is 11.8 Å². The second-order valence-electron chi connectivity index (χ2n) is 9.59. The number of fused-ring (bicyclic) bond motifs is 1. The maximum absolute atomic E-state index is 13.3. The number of hydrogen-bond donors (Lipinski definition) is 9. The quantitative estimate of drug-likeness (QED) is 0.0525. The van der Waals surface area contributed by atoms with E-state index in [0.717, 1.165) is 10.9 Å². The van der Waals surface area contributed by atoms with E-state index in [1.165, 1.54) is 11.8 Å². The molecule has 13 N–H and O–H groups in total. The summed E-state index contributed by atoms with van der Waals surface area (Å²) < 4.78 is 0. The van der Waals surface area contributed by atoms with E-state index >= 15 is 0 Å². The number of amides is 4. The van der Waals surface area contributed by atoms with Crippen molar-refractivity contribution in [1.29, 1.82) is 0 Å². The van der Waals surface area contributed by atoms with Gasteiger partial charge in [0.15, 0.2) is 5.96 Å². The highest BCUT2D eigenvalue weighted by molar-refractivity contribution is 7.98. The zero-order chi connectivity index (χ0) is 31.2. The van der Waals surface area contributed by atoms with Crippen molar-refractivity contribution in [3.05, 3.63) is 36.0 Å². The highest BCUT2D eigenvalue weighted by Crippen LogP contribution is 2.19. The second kappa shape index (κ2) is 16.8. The molecular weight excluding hydrogens is 566 g/mol. The SMILES string of the molecule is CSCCC(N)C(=O)NC(CC(N)=O)C(=O)NC(CCCN=C(N)N)C(=O)NC(Cc1c[nH]c2ccccc12)C(=O)O. The number of benzene rings is 1. The predicted molar refractivity (Wildman–Crippen MR) is 160 cm³/mol. The third kappa shape index (κ3) is 10.9. The minimum atomic E-state index is -1.41. The number of thioether (sulfide) groups is 1. The summed E-state index contributed by atoms with van der Waals surface area (Å²) in [6, 6.07) is 2.39. The molecule has 2 aromatic rings. The van der Waals surface area contributed by atoms with Gasteiger partial charge in [0.25, 0.3) is 0 Å². The van der Waals surface area contributed by atoms with Crippen LogP contribution in [-0.2, 0) is 30.4 Å². The maximum atomic E-state index is 13.3. The van der Waals surface area contributed by atoms with Crippen molar-refractivity contribution in [2.75, 3.05) is 18.6 Å². The van der Waals surface area contributed by atoms with Crippen molar-refractivity contribution in [3.63, 3.8) is 0 Å². The smallest absolute Gasteiger partial charge is 0.326 e. The summed E-state index contributed by atoms with van der Waals surface area (Å²) in [6.45, 7) is 0.130. The fourth-order valence-corrected chi connectivity index (χ4v) is 4.59. The molecular formula is C26H39N9O6S. The number of aromatic amines is 1. The Balaban J connectivity index is 2.21. The fraction of sp³-hybridized carbons (Fsp3) is 0.462. The molecule has 1 aromatic carbocycles. The third-order valence-electron chi connectivity index (χ3n) is 6.30. The lowest BCUT2D eigenvalue weighted by atomic mass is 10.0. The van der Waals surface area contributed by atoms with E-state index in [-0.39, 0.29) is 31.8 Å². The van der Waals surface area contributed by atoms with Gasteiger partial charge in [-0.2, -0.15) is 11.8 Å². The molecule has 0 saturated carbocycles. The van der Waals surface area contributed by atoms with Gasteiger partial charge in [-0.15, -0.1) is 0 Å². The van der Waals surface area contributed by atoms with Crippen LogP contribution in [0.3, 0.4) is 0 Å². The highest BCUT2D eigenvalue weighted by atomic mass is 32.2. The van der Waals surface area contributed by atoms with Gasteiger partial charge in [0, 0.05) is 30.1 Å². The van der Waals surface area contributed by atoms with Gasteiger partial charge in [-0.25, -0.2) is 4.79 Å². The molecule has 0 saturated heterocycles. The zero-order valence-electron chi connectivity index (χ0n) is 23.3. The number of nitrogens with two attached hydrogens (primary N) is 4. The highest BCUT2D eigenvalue weighted by Gasteiger charge is 2.31. The Kier molecular flexibility index (Phi) is 13.6. The molecule has 1 heterocycles. The summed E-state index contributed by atoms with van der Waals surface area (Å²) in [5, 5.41) is 18.1. The summed E-state index contributed by atoms with van der Waals surface area (Å²) in [5.74, 6) is -4.03. The van der Waals surface area contributed by atoms with Crippen LogP contribution in [0.5, 0.6) is 0 Å². The minimum Gasteiger partial charge on any atom is -0.480 e. The van der Waals surface area contributed by atoms with Crippen molar-refractivity contribution in [1.82, 2.24) is 20.9 Å². The van der Waals surface area contributed by atoms with Gasteiger partial charge < -0.3 is 49.0 Å². The average molecular weight is 606 g/mol. The summed E-state index contributed by atoms with van der Waals surface area (Å²) in [4.78, 5) is 69.7. The van der Waals surface area contributed by atoms with E-state index < -0.39 is 60.2 Å². The topological polar surface area (TPSA) is 274 Å². The summed E-state index contributed by atoms with van der Waals surface area (Å²) in [5.41, 5.74) is 23.4. The zero-order valence-corrected chi connectivity index (χ0v) is 24.1. The van der Waals surface area contributed by atoms with Gasteiger partial charge in [-0.1, -0.05) is 18.2 Å². The van der Waals surface area contributed by atoms with E-state index in [2.05, 4.69) is 25.9 Å². The van der Waals surface area contributed by atoms with E-state index in [0.29, 0.717) is 17.7 Å². The van der Waals surface area contributed by atoms with Gasteiger partial charge in [0.2, 0.25) is 23.6 Å². The largest absolute Gasteiger partial charge is 0.480 e. The Labute approximate surface area is 247 Å².